The summed E-state index contributed by atoms with van der Waals surface area (Å²) in [5, 5.41) is 3.99. The highest BCUT2D eigenvalue weighted by molar-refractivity contribution is 7.99. The van der Waals surface area contributed by atoms with Crippen molar-refractivity contribution in [2.24, 2.45) is 7.05 Å². The molecule has 5 nitrogen and oxygen atoms in total. The topological polar surface area (TPSA) is 59.8 Å². The van der Waals surface area contributed by atoms with Gasteiger partial charge in [-0.05, 0) is 23.8 Å². The van der Waals surface area contributed by atoms with E-state index in [4.69, 9.17) is 0 Å². The van der Waals surface area contributed by atoms with E-state index in [1.54, 1.807) is 12.3 Å². The number of carbonyl (C=O) groups is 1. The summed E-state index contributed by atoms with van der Waals surface area (Å²) >= 11 is 2.61. The molecule has 0 saturated carbocycles. The molecule has 0 bridgehead atoms. The molecule has 1 N–H and O–H groups in total. The number of rotatable bonds is 5. The van der Waals surface area contributed by atoms with Gasteiger partial charge in [0.15, 0.2) is 10.3 Å². The van der Waals surface area contributed by atoms with Gasteiger partial charge in [0, 0.05) is 7.05 Å². The molecule has 0 radical (unpaired) electrons. The number of thiazole rings is 1. The third-order valence-electron chi connectivity index (χ3n) is 3.94. The number of hydrogen-bond donors (Lipinski definition) is 1. The average Bonchev–Trinajstić information content (AvgIpc) is 3.23. The van der Waals surface area contributed by atoms with Crippen molar-refractivity contribution in [3.63, 3.8) is 0 Å². The molecule has 2 heterocycles. The van der Waals surface area contributed by atoms with Crippen molar-refractivity contribution in [3.05, 3.63) is 60.5 Å². The summed E-state index contributed by atoms with van der Waals surface area (Å²) in [6, 6.07) is 14.3. The summed E-state index contributed by atoms with van der Waals surface area (Å²) < 4.78 is 15.9. The van der Waals surface area contributed by atoms with E-state index < -0.39 is 0 Å². The number of nitrogens with zero attached hydrogens (tertiary/aromatic N) is 3. The molecule has 0 atom stereocenters. The van der Waals surface area contributed by atoms with Crippen LogP contribution < -0.4 is 5.32 Å². The van der Waals surface area contributed by atoms with Crippen molar-refractivity contribution in [1.29, 1.82) is 0 Å². The fourth-order valence-corrected chi connectivity index (χ4v) is 4.30. The summed E-state index contributed by atoms with van der Waals surface area (Å²) in [4.78, 5) is 20.9. The van der Waals surface area contributed by atoms with Crippen LogP contribution in [0.5, 0.6) is 0 Å². The van der Waals surface area contributed by atoms with Crippen molar-refractivity contribution < 1.29 is 9.18 Å². The van der Waals surface area contributed by atoms with Crippen LogP contribution in [0.4, 0.5) is 9.52 Å². The van der Waals surface area contributed by atoms with E-state index in [1.807, 2.05) is 41.9 Å². The maximum absolute atomic E-state index is 13.3. The minimum Gasteiger partial charge on any atom is -0.322 e. The number of fused-ring (bicyclic) bond motifs is 1. The van der Waals surface area contributed by atoms with Gasteiger partial charge in [0.2, 0.25) is 5.91 Å². The number of aromatic nitrogens is 3. The second kappa shape index (κ2) is 7.50. The lowest BCUT2D eigenvalue weighted by Gasteiger charge is -2.05. The zero-order chi connectivity index (χ0) is 18.8. The molecule has 2 aromatic carbocycles. The number of amides is 1. The van der Waals surface area contributed by atoms with E-state index in [2.05, 4.69) is 15.3 Å². The molecule has 0 spiro atoms. The predicted molar refractivity (Wildman–Crippen MR) is 108 cm³/mol. The molecule has 4 aromatic rings. The van der Waals surface area contributed by atoms with Crippen LogP contribution in [-0.2, 0) is 11.8 Å². The summed E-state index contributed by atoms with van der Waals surface area (Å²) in [7, 11) is 1.93. The Hall–Kier alpha value is -2.71. The van der Waals surface area contributed by atoms with Gasteiger partial charge >= 0.3 is 0 Å². The SMILES string of the molecule is Cn1c(-c2ccccc2)cnc1SCC(=O)Nc1nc2ccc(F)cc2s1. The molecule has 0 fully saturated rings. The second-order valence-corrected chi connectivity index (χ2v) is 7.79. The maximum Gasteiger partial charge on any atom is 0.236 e. The van der Waals surface area contributed by atoms with Gasteiger partial charge in [0.25, 0.3) is 0 Å². The number of hydrogen-bond acceptors (Lipinski definition) is 5. The molecular weight excluding hydrogens is 383 g/mol. The number of nitrogens with one attached hydrogen (secondary N) is 1. The van der Waals surface area contributed by atoms with Crippen LogP contribution in [0.15, 0.2) is 59.9 Å². The van der Waals surface area contributed by atoms with E-state index >= 15 is 0 Å². The Bertz CT molecular complexity index is 1110. The zero-order valence-corrected chi connectivity index (χ0v) is 16.0. The monoisotopic (exact) mass is 398 g/mol. The Morgan fingerprint density at radius 1 is 1.26 bits per heavy atom. The third kappa shape index (κ3) is 3.86. The van der Waals surface area contributed by atoms with E-state index in [0.717, 1.165) is 16.4 Å². The van der Waals surface area contributed by atoms with Crippen LogP contribution in [0.3, 0.4) is 0 Å². The molecular formula is C19H15FN4OS2. The molecule has 0 unspecified atom stereocenters. The molecule has 0 aliphatic rings. The van der Waals surface area contributed by atoms with Crippen LogP contribution in [0.25, 0.3) is 21.5 Å². The number of benzene rings is 2. The number of imidazole rings is 1. The number of thioether (sulfide) groups is 1. The zero-order valence-electron chi connectivity index (χ0n) is 14.3. The lowest BCUT2D eigenvalue weighted by molar-refractivity contribution is -0.113. The van der Waals surface area contributed by atoms with E-state index in [0.29, 0.717) is 15.3 Å². The maximum atomic E-state index is 13.3. The summed E-state index contributed by atoms with van der Waals surface area (Å²) in [6.07, 6.45) is 1.80. The second-order valence-electron chi connectivity index (χ2n) is 5.82. The van der Waals surface area contributed by atoms with Crippen molar-refractivity contribution >= 4 is 44.4 Å². The largest absolute Gasteiger partial charge is 0.322 e. The molecule has 8 heteroatoms. The normalized spacial score (nSPS) is 11.0. The quantitative estimate of drug-likeness (QED) is 0.501. The highest BCUT2D eigenvalue weighted by Crippen LogP contribution is 2.27. The fourth-order valence-electron chi connectivity index (χ4n) is 2.64. The first-order valence-electron chi connectivity index (χ1n) is 8.16. The highest BCUT2D eigenvalue weighted by Gasteiger charge is 2.13. The van der Waals surface area contributed by atoms with Crippen LogP contribution in [-0.4, -0.2) is 26.2 Å². The van der Waals surface area contributed by atoms with Gasteiger partial charge in [-0.3, -0.25) is 4.79 Å². The van der Waals surface area contributed by atoms with E-state index in [-0.39, 0.29) is 17.5 Å². The molecule has 27 heavy (non-hydrogen) atoms. The first-order valence-corrected chi connectivity index (χ1v) is 9.96. The summed E-state index contributed by atoms with van der Waals surface area (Å²) in [5.74, 6) is -0.281. The third-order valence-corrected chi connectivity index (χ3v) is 5.92. The lowest BCUT2D eigenvalue weighted by atomic mass is 10.2. The Labute approximate surface area is 163 Å². The van der Waals surface area contributed by atoms with E-state index in [9.17, 15) is 9.18 Å². The molecule has 4 rings (SSSR count). The molecule has 1 amide bonds. The number of anilines is 1. The van der Waals surface area contributed by atoms with Gasteiger partial charge < -0.3 is 9.88 Å². The Morgan fingerprint density at radius 2 is 2.07 bits per heavy atom. The molecule has 0 aliphatic carbocycles. The highest BCUT2D eigenvalue weighted by atomic mass is 32.2. The molecule has 0 aliphatic heterocycles. The average molecular weight is 398 g/mol. The Balaban J connectivity index is 1.41. The van der Waals surface area contributed by atoms with E-state index in [1.165, 1.54) is 35.2 Å². The van der Waals surface area contributed by atoms with Crippen molar-refractivity contribution in [2.75, 3.05) is 11.1 Å². The van der Waals surface area contributed by atoms with Crippen LogP contribution in [0.1, 0.15) is 0 Å². The van der Waals surface area contributed by atoms with Gasteiger partial charge in [-0.2, -0.15) is 0 Å². The van der Waals surface area contributed by atoms with Crippen LogP contribution >= 0.6 is 23.1 Å². The summed E-state index contributed by atoms with van der Waals surface area (Å²) in [5.41, 5.74) is 2.73. The van der Waals surface area contributed by atoms with Gasteiger partial charge in [-0.15, -0.1) is 0 Å². The van der Waals surface area contributed by atoms with Crippen molar-refractivity contribution in [2.45, 2.75) is 5.16 Å². The number of carbonyl (C=O) groups excluding carboxylic acids is 1. The van der Waals surface area contributed by atoms with Crippen LogP contribution in [0, 0.1) is 5.82 Å². The summed E-state index contributed by atoms with van der Waals surface area (Å²) in [6.45, 7) is 0. The smallest absolute Gasteiger partial charge is 0.236 e. The van der Waals surface area contributed by atoms with Crippen molar-refractivity contribution in [3.8, 4) is 11.3 Å². The molecule has 2 aromatic heterocycles. The standard InChI is InChI=1S/C19H15FN4OS2/c1-24-15(12-5-3-2-4-6-12)10-21-19(24)26-11-17(25)23-18-22-14-8-7-13(20)9-16(14)27-18/h2-10H,11H2,1H3,(H,22,23,25). The molecule has 136 valence electrons. The Kier molecular flexibility index (Phi) is 4.91. The lowest BCUT2D eigenvalue weighted by Crippen LogP contribution is -2.14. The minimum absolute atomic E-state index is 0.177. The molecule has 0 saturated heterocycles. The van der Waals surface area contributed by atoms with Crippen LogP contribution in [0.2, 0.25) is 0 Å². The predicted octanol–water partition coefficient (Wildman–Crippen LogP) is 4.57. The van der Waals surface area contributed by atoms with Gasteiger partial charge in [-0.1, -0.05) is 53.4 Å². The Morgan fingerprint density at radius 3 is 2.89 bits per heavy atom. The first kappa shape index (κ1) is 17.7. The number of halogens is 1. The fraction of sp³-hybridized carbons (Fsp3) is 0.105. The van der Waals surface area contributed by atoms with Gasteiger partial charge in [0.1, 0.15) is 5.82 Å². The van der Waals surface area contributed by atoms with Crippen molar-refractivity contribution in [1.82, 2.24) is 14.5 Å². The first-order chi connectivity index (χ1) is 13.1. The minimum atomic E-state index is -0.316. The van der Waals surface area contributed by atoms with Gasteiger partial charge in [-0.25, -0.2) is 14.4 Å². The van der Waals surface area contributed by atoms with Gasteiger partial charge in [0.05, 0.1) is 27.9 Å².